The molecular formula is C13H22N4O. The predicted molar refractivity (Wildman–Crippen MR) is 75.0 cm³/mol. The van der Waals surface area contributed by atoms with E-state index in [9.17, 15) is 4.79 Å². The van der Waals surface area contributed by atoms with Crippen LogP contribution in [0.3, 0.4) is 0 Å². The van der Waals surface area contributed by atoms with Gasteiger partial charge in [-0.2, -0.15) is 0 Å². The number of nitrogens with one attached hydrogen (secondary N) is 2. The molecule has 100 valence electrons. The number of hydrogen-bond acceptors (Lipinski definition) is 4. The van der Waals surface area contributed by atoms with Crippen molar-refractivity contribution in [2.24, 2.45) is 0 Å². The first-order valence-corrected chi connectivity index (χ1v) is 6.29. The van der Waals surface area contributed by atoms with E-state index in [1.807, 2.05) is 24.1 Å². The van der Waals surface area contributed by atoms with E-state index in [4.69, 9.17) is 0 Å². The summed E-state index contributed by atoms with van der Waals surface area (Å²) in [6, 6.07) is 3.94. The number of hydrogen-bond donors (Lipinski definition) is 2. The lowest BCUT2D eigenvalue weighted by atomic mass is 10.3. The fraction of sp³-hybridized carbons (Fsp3) is 0.538. The lowest BCUT2D eigenvalue weighted by molar-refractivity contribution is -0.120. The van der Waals surface area contributed by atoms with Crippen molar-refractivity contribution in [1.29, 1.82) is 0 Å². The zero-order chi connectivity index (χ0) is 13.4. The van der Waals surface area contributed by atoms with Crippen LogP contribution in [-0.4, -0.2) is 38.1 Å². The molecule has 0 spiro atoms. The standard InChI is InChI=1S/C13H22N4O/c1-4-7-15-12-10-11(5-8-16-12)17(3)9-6-13(18)14-2/h5,8,10H,4,6-7,9H2,1-3H3,(H,14,18)(H,15,16). The van der Waals surface area contributed by atoms with Crippen molar-refractivity contribution in [1.82, 2.24) is 10.3 Å². The number of aromatic nitrogens is 1. The third-order valence-electron chi connectivity index (χ3n) is 2.69. The SMILES string of the molecule is CCCNc1cc(N(C)CCC(=O)NC)ccn1. The van der Waals surface area contributed by atoms with Crippen LogP contribution in [0.4, 0.5) is 11.5 Å². The first-order valence-electron chi connectivity index (χ1n) is 6.29. The molecule has 1 aromatic heterocycles. The maximum Gasteiger partial charge on any atom is 0.221 e. The molecule has 0 saturated heterocycles. The van der Waals surface area contributed by atoms with E-state index in [-0.39, 0.29) is 5.91 Å². The molecular weight excluding hydrogens is 228 g/mol. The Morgan fingerprint density at radius 1 is 1.50 bits per heavy atom. The highest BCUT2D eigenvalue weighted by molar-refractivity contribution is 5.76. The smallest absolute Gasteiger partial charge is 0.221 e. The number of pyridine rings is 1. The third-order valence-corrected chi connectivity index (χ3v) is 2.69. The van der Waals surface area contributed by atoms with Crippen molar-refractivity contribution in [2.75, 3.05) is 37.4 Å². The molecule has 0 saturated carbocycles. The minimum atomic E-state index is 0.0558. The number of carbonyl (C=O) groups is 1. The van der Waals surface area contributed by atoms with Gasteiger partial charge in [-0.3, -0.25) is 4.79 Å². The van der Waals surface area contributed by atoms with Crippen molar-refractivity contribution in [3.63, 3.8) is 0 Å². The number of amides is 1. The largest absolute Gasteiger partial charge is 0.374 e. The molecule has 0 bridgehead atoms. The first-order chi connectivity index (χ1) is 8.67. The molecule has 0 aliphatic rings. The van der Waals surface area contributed by atoms with Crippen LogP contribution in [-0.2, 0) is 4.79 Å². The summed E-state index contributed by atoms with van der Waals surface area (Å²) in [5.41, 5.74) is 1.06. The summed E-state index contributed by atoms with van der Waals surface area (Å²) in [5.74, 6) is 0.932. The highest BCUT2D eigenvalue weighted by Crippen LogP contribution is 2.16. The lowest BCUT2D eigenvalue weighted by Crippen LogP contribution is -2.26. The maximum absolute atomic E-state index is 11.2. The maximum atomic E-state index is 11.2. The van der Waals surface area contributed by atoms with Crippen molar-refractivity contribution >= 4 is 17.4 Å². The van der Waals surface area contributed by atoms with Gasteiger partial charge < -0.3 is 15.5 Å². The molecule has 0 radical (unpaired) electrons. The van der Waals surface area contributed by atoms with Crippen LogP contribution in [0, 0.1) is 0 Å². The van der Waals surface area contributed by atoms with Crippen LogP contribution < -0.4 is 15.5 Å². The van der Waals surface area contributed by atoms with E-state index in [0.717, 1.165) is 24.5 Å². The zero-order valence-electron chi connectivity index (χ0n) is 11.4. The minimum absolute atomic E-state index is 0.0558. The summed E-state index contributed by atoms with van der Waals surface area (Å²) in [6.45, 7) is 3.72. The van der Waals surface area contributed by atoms with E-state index in [0.29, 0.717) is 13.0 Å². The molecule has 1 rings (SSSR count). The minimum Gasteiger partial charge on any atom is -0.374 e. The molecule has 5 nitrogen and oxygen atoms in total. The Balaban J connectivity index is 2.56. The summed E-state index contributed by atoms with van der Waals surface area (Å²) in [7, 11) is 3.63. The molecule has 1 amide bonds. The van der Waals surface area contributed by atoms with E-state index in [1.54, 1.807) is 13.2 Å². The lowest BCUT2D eigenvalue weighted by Gasteiger charge is -2.19. The van der Waals surface area contributed by atoms with E-state index < -0.39 is 0 Å². The summed E-state index contributed by atoms with van der Waals surface area (Å²) >= 11 is 0. The van der Waals surface area contributed by atoms with Crippen LogP contribution in [0.5, 0.6) is 0 Å². The monoisotopic (exact) mass is 250 g/mol. The van der Waals surface area contributed by atoms with Gasteiger partial charge in [0.1, 0.15) is 5.82 Å². The average molecular weight is 250 g/mol. The molecule has 1 heterocycles. The van der Waals surface area contributed by atoms with Gasteiger partial charge in [0.25, 0.3) is 0 Å². The van der Waals surface area contributed by atoms with Crippen molar-refractivity contribution < 1.29 is 4.79 Å². The highest BCUT2D eigenvalue weighted by Gasteiger charge is 2.05. The molecule has 0 atom stereocenters. The van der Waals surface area contributed by atoms with Gasteiger partial charge in [-0.15, -0.1) is 0 Å². The van der Waals surface area contributed by atoms with Gasteiger partial charge in [-0.1, -0.05) is 6.92 Å². The predicted octanol–water partition coefficient (Wildman–Crippen LogP) is 1.48. The van der Waals surface area contributed by atoms with Crippen LogP contribution in [0.25, 0.3) is 0 Å². The van der Waals surface area contributed by atoms with E-state index in [1.165, 1.54) is 0 Å². The average Bonchev–Trinajstić information content (AvgIpc) is 2.42. The van der Waals surface area contributed by atoms with Gasteiger partial charge in [0.2, 0.25) is 5.91 Å². The topological polar surface area (TPSA) is 57.3 Å². The Kier molecular flexibility index (Phi) is 5.97. The molecule has 1 aromatic rings. The van der Waals surface area contributed by atoms with Crippen molar-refractivity contribution in [3.8, 4) is 0 Å². The fourth-order valence-corrected chi connectivity index (χ4v) is 1.53. The molecule has 2 N–H and O–H groups in total. The van der Waals surface area contributed by atoms with Crippen molar-refractivity contribution in [3.05, 3.63) is 18.3 Å². The second-order valence-electron chi connectivity index (χ2n) is 4.17. The summed E-state index contributed by atoms with van der Waals surface area (Å²) in [4.78, 5) is 17.5. The molecule has 0 unspecified atom stereocenters. The van der Waals surface area contributed by atoms with Gasteiger partial charge in [0.15, 0.2) is 0 Å². The normalized spacial score (nSPS) is 9.94. The Morgan fingerprint density at radius 3 is 2.94 bits per heavy atom. The Morgan fingerprint density at radius 2 is 2.28 bits per heavy atom. The highest BCUT2D eigenvalue weighted by atomic mass is 16.1. The Labute approximate surface area is 109 Å². The van der Waals surface area contributed by atoms with Crippen LogP contribution in [0.2, 0.25) is 0 Å². The summed E-state index contributed by atoms with van der Waals surface area (Å²) in [6.07, 6.45) is 3.34. The molecule has 0 aliphatic heterocycles. The number of rotatable bonds is 7. The van der Waals surface area contributed by atoms with Crippen molar-refractivity contribution in [2.45, 2.75) is 19.8 Å². The van der Waals surface area contributed by atoms with Gasteiger partial charge in [-0.25, -0.2) is 4.98 Å². The van der Waals surface area contributed by atoms with Gasteiger partial charge in [-0.05, 0) is 12.5 Å². The van der Waals surface area contributed by atoms with Gasteiger partial charge >= 0.3 is 0 Å². The molecule has 18 heavy (non-hydrogen) atoms. The number of carbonyl (C=O) groups excluding carboxylic acids is 1. The molecule has 5 heteroatoms. The Bertz CT molecular complexity index is 381. The molecule has 0 aliphatic carbocycles. The number of anilines is 2. The third kappa shape index (κ3) is 4.61. The first kappa shape index (κ1) is 14.3. The second-order valence-corrected chi connectivity index (χ2v) is 4.17. The molecule has 0 aromatic carbocycles. The molecule has 0 fully saturated rings. The van der Waals surface area contributed by atoms with Gasteiger partial charge in [0, 0.05) is 51.6 Å². The summed E-state index contributed by atoms with van der Waals surface area (Å²) < 4.78 is 0. The number of nitrogens with zero attached hydrogens (tertiary/aromatic N) is 2. The zero-order valence-corrected chi connectivity index (χ0v) is 11.4. The van der Waals surface area contributed by atoms with Crippen LogP contribution in [0.15, 0.2) is 18.3 Å². The van der Waals surface area contributed by atoms with Crippen LogP contribution >= 0.6 is 0 Å². The van der Waals surface area contributed by atoms with E-state index in [2.05, 4.69) is 22.5 Å². The quantitative estimate of drug-likeness (QED) is 0.769. The second kappa shape index (κ2) is 7.53. The van der Waals surface area contributed by atoms with E-state index >= 15 is 0 Å². The Hall–Kier alpha value is -1.78. The fourth-order valence-electron chi connectivity index (χ4n) is 1.53. The summed E-state index contributed by atoms with van der Waals surface area (Å²) in [5, 5.41) is 5.87. The van der Waals surface area contributed by atoms with Gasteiger partial charge in [0.05, 0.1) is 0 Å². The van der Waals surface area contributed by atoms with Crippen LogP contribution in [0.1, 0.15) is 19.8 Å².